The molecule has 0 unspecified atom stereocenters. The highest BCUT2D eigenvalue weighted by atomic mass is 19.1. The molecule has 0 atom stereocenters. The Morgan fingerprint density at radius 1 is 0.935 bits per heavy atom. The van der Waals surface area contributed by atoms with Crippen LogP contribution in [-0.4, -0.2) is 27.3 Å². The average molecular weight is 420 g/mol. The van der Waals surface area contributed by atoms with E-state index in [-0.39, 0.29) is 11.6 Å². The Labute approximate surface area is 177 Å². The van der Waals surface area contributed by atoms with Crippen LogP contribution in [0.15, 0.2) is 72.8 Å². The van der Waals surface area contributed by atoms with Crippen LogP contribution in [0.2, 0.25) is 0 Å². The average Bonchev–Trinajstić information content (AvgIpc) is 3.22. The summed E-state index contributed by atoms with van der Waals surface area (Å²) < 4.78 is 33.5. The van der Waals surface area contributed by atoms with Gasteiger partial charge in [-0.15, -0.1) is 5.10 Å². The topological polar surface area (TPSA) is 69.0 Å². The van der Waals surface area contributed by atoms with Crippen LogP contribution >= 0.6 is 0 Å². The van der Waals surface area contributed by atoms with Gasteiger partial charge in [-0.05, 0) is 79.7 Å². The first-order valence-corrected chi connectivity index (χ1v) is 9.56. The van der Waals surface area contributed by atoms with Crippen LogP contribution in [0.3, 0.4) is 0 Å². The zero-order chi connectivity index (χ0) is 21.8. The number of halogens is 2. The summed E-state index contributed by atoms with van der Waals surface area (Å²) in [5.41, 5.74) is 1.65. The molecular formula is C23H18F2N4O2. The molecule has 6 nitrogen and oxygen atoms in total. The highest BCUT2D eigenvalue weighted by molar-refractivity contribution is 6.01. The van der Waals surface area contributed by atoms with Crippen LogP contribution in [-0.2, 0) is 0 Å². The summed E-state index contributed by atoms with van der Waals surface area (Å²) in [6.45, 7) is 2.43. The highest BCUT2D eigenvalue weighted by Crippen LogP contribution is 2.23. The molecule has 0 aliphatic heterocycles. The Bertz CT molecular complexity index is 1190. The fraction of sp³-hybridized carbons (Fsp3) is 0.0870. The van der Waals surface area contributed by atoms with E-state index in [4.69, 9.17) is 4.74 Å². The summed E-state index contributed by atoms with van der Waals surface area (Å²) in [5, 5.41) is 6.99. The lowest BCUT2D eigenvalue weighted by Crippen LogP contribution is -2.14. The van der Waals surface area contributed by atoms with E-state index in [1.807, 2.05) is 6.92 Å². The van der Waals surface area contributed by atoms with Crippen molar-refractivity contribution >= 4 is 11.6 Å². The number of nitrogens with zero attached hydrogens (tertiary/aromatic N) is 3. The number of hydrogen-bond acceptors (Lipinski definition) is 4. The monoisotopic (exact) mass is 420 g/mol. The van der Waals surface area contributed by atoms with Gasteiger partial charge in [-0.3, -0.25) is 4.79 Å². The van der Waals surface area contributed by atoms with Crippen molar-refractivity contribution in [2.45, 2.75) is 6.92 Å². The molecule has 4 rings (SSSR count). The molecule has 1 aromatic heterocycles. The van der Waals surface area contributed by atoms with Gasteiger partial charge in [0.15, 0.2) is 5.82 Å². The molecule has 156 valence electrons. The maximum Gasteiger partial charge on any atom is 0.295 e. The van der Waals surface area contributed by atoms with Crippen molar-refractivity contribution in [2.24, 2.45) is 0 Å². The van der Waals surface area contributed by atoms with Crippen LogP contribution in [0.25, 0.3) is 17.1 Å². The van der Waals surface area contributed by atoms with Crippen LogP contribution in [0, 0.1) is 11.6 Å². The molecule has 3 aromatic carbocycles. The van der Waals surface area contributed by atoms with E-state index in [1.165, 1.54) is 41.1 Å². The number of nitrogens with one attached hydrogen (secondary N) is 1. The Kier molecular flexibility index (Phi) is 5.70. The molecule has 8 heteroatoms. The summed E-state index contributed by atoms with van der Waals surface area (Å²) in [7, 11) is 0. The molecule has 1 heterocycles. The van der Waals surface area contributed by atoms with Gasteiger partial charge >= 0.3 is 0 Å². The third-order valence-corrected chi connectivity index (χ3v) is 4.41. The van der Waals surface area contributed by atoms with Crippen molar-refractivity contribution in [1.82, 2.24) is 14.8 Å². The van der Waals surface area contributed by atoms with Crippen molar-refractivity contribution in [3.63, 3.8) is 0 Å². The lowest BCUT2D eigenvalue weighted by Gasteiger charge is -2.08. The summed E-state index contributed by atoms with van der Waals surface area (Å²) in [5.74, 6) is -0.366. The number of carbonyl (C=O) groups is 1. The molecule has 0 fully saturated rings. The van der Waals surface area contributed by atoms with Gasteiger partial charge in [0.1, 0.15) is 17.4 Å². The predicted octanol–water partition coefficient (Wildman–Crippen LogP) is 4.86. The van der Waals surface area contributed by atoms with Crippen molar-refractivity contribution in [1.29, 1.82) is 0 Å². The molecule has 0 aliphatic rings. The molecular weight excluding hydrogens is 402 g/mol. The van der Waals surface area contributed by atoms with Crippen LogP contribution in [0.4, 0.5) is 14.5 Å². The summed E-state index contributed by atoms with van der Waals surface area (Å²) in [4.78, 5) is 17.1. The van der Waals surface area contributed by atoms with Gasteiger partial charge < -0.3 is 10.1 Å². The third-order valence-electron chi connectivity index (χ3n) is 4.41. The van der Waals surface area contributed by atoms with Gasteiger partial charge in [0.05, 0.1) is 12.3 Å². The minimum atomic E-state index is -0.556. The molecule has 0 saturated heterocycles. The van der Waals surface area contributed by atoms with E-state index in [0.717, 1.165) is 0 Å². The number of amides is 1. The highest BCUT2D eigenvalue weighted by Gasteiger charge is 2.19. The lowest BCUT2D eigenvalue weighted by molar-refractivity contribution is 0.101. The van der Waals surface area contributed by atoms with Gasteiger partial charge in [0.2, 0.25) is 5.82 Å². The number of ether oxygens (including phenoxy) is 1. The first-order chi connectivity index (χ1) is 15.0. The van der Waals surface area contributed by atoms with Crippen LogP contribution < -0.4 is 10.1 Å². The Hall–Kier alpha value is -4.07. The fourth-order valence-corrected chi connectivity index (χ4v) is 2.94. The van der Waals surface area contributed by atoms with E-state index in [9.17, 15) is 13.6 Å². The van der Waals surface area contributed by atoms with Gasteiger partial charge in [0.25, 0.3) is 5.91 Å². The maximum absolute atomic E-state index is 13.4. The number of carbonyl (C=O) groups excluding carboxylic acids is 1. The smallest absolute Gasteiger partial charge is 0.295 e. The molecule has 31 heavy (non-hydrogen) atoms. The minimum absolute atomic E-state index is 0.0856. The molecule has 1 N–H and O–H groups in total. The molecule has 1 amide bonds. The van der Waals surface area contributed by atoms with Crippen molar-refractivity contribution in [2.75, 3.05) is 11.9 Å². The molecule has 0 saturated carbocycles. The number of benzene rings is 3. The third kappa shape index (κ3) is 4.58. The standard InChI is InChI=1S/C23H18F2N4O2/c1-2-31-20-13-11-19(12-14-20)29-22(15-3-5-16(24)6-4-15)27-21(28-29)23(30)26-18-9-7-17(25)8-10-18/h3-14H,2H2,1H3,(H,26,30). The van der Waals surface area contributed by atoms with Gasteiger partial charge in [-0.25, -0.2) is 18.4 Å². The Morgan fingerprint density at radius 2 is 1.55 bits per heavy atom. The van der Waals surface area contributed by atoms with Crippen LogP contribution in [0.5, 0.6) is 5.75 Å². The van der Waals surface area contributed by atoms with Gasteiger partial charge in [-0.1, -0.05) is 0 Å². The first-order valence-electron chi connectivity index (χ1n) is 9.56. The van der Waals surface area contributed by atoms with Crippen molar-refractivity contribution in [3.05, 3.63) is 90.3 Å². The summed E-state index contributed by atoms with van der Waals surface area (Å²) in [6, 6.07) is 18.3. The lowest BCUT2D eigenvalue weighted by atomic mass is 10.2. The number of hydrogen-bond donors (Lipinski definition) is 1. The predicted molar refractivity (Wildman–Crippen MR) is 112 cm³/mol. The van der Waals surface area contributed by atoms with E-state index in [2.05, 4.69) is 15.4 Å². The van der Waals surface area contributed by atoms with E-state index < -0.39 is 11.7 Å². The molecule has 4 aromatic rings. The van der Waals surface area contributed by atoms with E-state index in [1.54, 1.807) is 36.4 Å². The number of anilines is 1. The molecule has 0 radical (unpaired) electrons. The molecule has 0 spiro atoms. The second-order valence-corrected chi connectivity index (χ2v) is 6.57. The quantitative estimate of drug-likeness (QED) is 0.484. The Morgan fingerprint density at radius 3 is 2.16 bits per heavy atom. The normalized spacial score (nSPS) is 10.7. The maximum atomic E-state index is 13.4. The summed E-state index contributed by atoms with van der Waals surface area (Å²) in [6.07, 6.45) is 0. The fourth-order valence-electron chi connectivity index (χ4n) is 2.94. The molecule has 0 bridgehead atoms. The second-order valence-electron chi connectivity index (χ2n) is 6.57. The first kappa shape index (κ1) is 20.2. The summed E-state index contributed by atoms with van der Waals surface area (Å²) >= 11 is 0. The van der Waals surface area contributed by atoms with E-state index in [0.29, 0.717) is 35.1 Å². The SMILES string of the molecule is CCOc1ccc(-n2nc(C(=O)Nc3ccc(F)cc3)nc2-c2ccc(F)cc2)cc1. The zero-order valence-corrected chi connectivity index (χ0v) is 16.5. The van der Waals surface area contributed by atoms with Crippen molar-refractivity contribution in [3.8, 4) is 22.8 Å². The van der Waals surface area contributed by atoms with E-state index >= 15 is 0 Å². The zero-order valence-electron chi connectivity index (χ0n) is 16.5. The van der Waals surface area contributed by atoms with Gasteiger partial charge in [-0.2, -0.15) is 0 Å². The largest absolute Gasteiger partial charge is 0.494 e. The van der Waals surface area contributed by atoms with Crippen molar-refractivity contribution < 1.29 is 18.3 Å². The number of rotatable bonds is 6. The second kappa shape index (κ2) is 8.74. The molecule has 0 aliphatic carbocycles. The minimum Gasteiger partial charge on any atom is -0.494 e. The Balaban J connectivity index is 1.71. The van der Waals surface area contributed by atoms with Gasteiger partial charge in [0, 0.05) is 11.3 Å². The number of aromatic nitrogens is 3. The van der Waals surface area contributed by atoms with Crippen LogP contribution in [0.1, 0.15) is 17.5 Å².